The molecule has 1 N–H and O–H groups in total. The Kier molecular flexibility index (Phi) is 5.93. The lowest BCUT2D eigenvalue weighted by molar-refractivity contribution is -0.118. The first-order valence-corrected chi connectivity index (χ1v) is 11.2. The summed E-state index contributed by atoms with van der Waals surface area (Å²) in [6.45, 7) is 5.96. The number of rotatable bonds is 6. The molecule has 0 radical (unpaired) electrons. The normalized spacial score (nSPS) is 10.9. The summed E-state index contributed by atoms with van der Waals surface area (Å²) in [4.78, 5) is 16.9. The molecule has 0 saturated carbocycles. The highest BCUT2D eigenvalue weighted by Gasteiger charge is 2.13. The van der Waals surface area contributed by atoms with Crippen LogP contribution in [0.4, 0.5) is 5.69 Å². The van der Waals surface area contributed by atoms with E-state index in [1.807, 2.05) is 81.4 Å². The number of aromatic nitrogens is 5. The second-order valence-electron chi connectivity index (χ2n) is 8.35. The standard InChI is InChI=1S/C27H24N6O2/c1-17-13-18(2)19(3)24(14-17)35-16-26(34)29-21-8-6-7-20(15-21)22-10-11-25-30-31-27(33(25)32-22)23-9-4-5-12-28-23/h4-15H,16H2,1-3H3,(H,29,34). The zero-order valence-corrected chi connectivity index (χ0v) is 19.7. The highest BCUT2D eigenvalue weighted by molar-refractivity contribution is 5.92. The molecule has 8 heteroatoms. The minimum Gasteiger partial charge on any atom is -0.483 e. The quantitative estimate of drug-likeness (QED) is 0.388. The molecule has 0 spiro atoms. The first kappa shape index (κ1) is 22.2. The average Bonchev–Trinajstić information content (AvgIpc) is 3.29. The van der Waals surface area contributed by atoms with Crippen molar-refractivity contribution >= 4 is 17.2 Å². The van der Waals surface area contributed by atoms with Gasteiger partial charge in [0, 0.05) is 17.4 Å². The van der Waals surface area contributed by atoms with Crippen LogP contribution in [0.2, 0.25) is 0 Å². The fraction of sp³-hybridized carbons (Fsp3) is 0.148. The summed E-state index contributed by atoms with van der Waals surface area (Å²) in [6, 6.07) is 20.9. The molecule has 0 atom stereocenters. The van der Waals surface area contributed by atoms with Gasteiger partial charge in [0.15, 0.2) is 12.3 Å². The number of amides is 1. The molecular formula is C27H24N6O2. The maximum absolute atomic E-state index is 12.6. The van der Waals surface area contributed by atoms with Gasteiger partial charge < -0.3 is 10.1 Å². The Morgan fingerprint density at radius 2 is 1.83 bits per heavy atom. The third-order valence-electron chi connectivity index (χ3n) is 5.72. The van der Waals surface area contributed by atoms with Crippen LogP contribution in [0.5, 0.6) is 5.75 Å². The summed E-state index contributed by atoms with van der Waals surface area (Å²) >= 11 is 0. The van der Waals surface area contributed by atoms with E-state index in [4.69, 9.17) is 9.84 Å². The zero-order chi connectivity index (χ0) is 24.4. The molecule has 1 amide bonds. The van der Waals surface area contributed by atoms with Crippen molar-refractivity contribution in [3.05, 3.63) is 89.6 Å². The van der Waals surface area contributed by atoms with Crippen LogP contribution in [-0.2, 0) is 4.79 Å². The summed E-state index contributed by atoms with van der Waals surface area (Å²) in [6.07, 6.45) is 1.71. The molecule has 0 aliphatic carbocycles. The van der Waals surface area contributed by atoms with Gasteiger partial charge in [-0.05, 0) is 79.9 Å². The number of fused-ring (bicyclic) bond motifs is 1. The van der Waals surface area contributed by atoms with Gasteiger partial charge in [-0.3, -0.25) is 9.78 Å². The average molecular weight is 465 g/mol. The second kappa shape index (κ2) is 9.34. The van der Waals surface area contributed by atoms with Gasteiger partial charge in [-0.2, -0.15) is 9.61 Å². The molecule has 0 aliphatic rings. The Bertz CT molecular complexity index is 1530. The lowest BCUT2D eigenvalue weighted by atomic mass is 10.1. The van der Waals surface area contributed by atoms with Crippen molar-refractivity contribution in [2.24, 2.45) is 0 Å². The van der Waals surface area contributed by atoms with Gasteiger partial charge in [0.2, 0.25) is 5.82 Å². The van der Waals surface area contributed by atoms with E-state index in [-0.39, 0.29) is 12.5 Å². The van der Waals surface area contributed by atoms with Gasteiger partial charge in [0.05, 0.1) is 5.69 Å². The third kappa shape index (κ3) is 4.72. The van der Waals surface area contributed by atoms with E-state index in [0.29, 0.717) is 28.5 Å². The highest BCUT2D eigenvalue weighted by Crippen LogP contribution is 2.24. The van der Waals surface area contributed by atoms with Gasteiger partial charge in [-0.25, -0.2) is 0 Å². The van der Waals surface area contributed by atoms with Crippen LogP contribution in [0.1, 0.15) is 16.7 Å². The van der Waals surface area contributed by atoms with E-state index in [1.165, 1.54) is 0 Å². The first-order valence-electron chi connectivity index (χ1n) is 11.2. The SMILES string of the molecule is Cc1cc(C)c(C)c(OCC(=O)Nc2cccc(-c3ccc4nnc(-c5ccccn5)n4n3)c2)c1. The minimum atomic E-state index is -0.236. The molecule has 8 nitrogen and oxygen atoms in total. The number of benzene rings is 2. The molecule has 0 fully saturated rings. The lowest BCUT2D eigenvalue weighted by Crippen LogP contribution is -2.20. The summed E-state index contributed by atoms with van der Waals surface area (Å²) in [5, 5.41) is 16.1. The molecular weight excluding hydrogens is 440 g/mol. The van der Waals surface area contributed by atoms with E-state index in [1.54, 1.807) is 10.7 Å². The first-order chi connectivity index (χ1) is 17.0. The molecule has 0 unspecified atom stereocenters. The van der Waals surface area contributed by atoms with Gasteiger partial charge in [-0.15, -0.1) is 10.2 Å². The molecule has 0 saturated heterocycles. The number of hydrogen-bond donors (Lipinski definition) is 1. The molecule has 2 aromatic carbocycles. The molecule has 174 valence electrons. The smallest absolute Gasteiger partial charge is 0.262 e. The zero-order valence-electron chi connectivity index (χ0n) is 19.7. The van der Waals surface area contributed by atoms with Crippen LogP contribution >= 0.6 is 0 Å². The molecule has 0 aliphatic heterocycles. The van der Waals surface area contributed by atoms with Crippen molar-refractivity contribution in [2.45, 2.75) is 20.8 Å². The number of ether oxygens (including phenoxy) is 1. The number of aryl methyl sites for hydroxylation is 2. The molecule has 5 rings (SSSR count). The maximum atomic E-state index is 12.6. The van der Waals surface area contributed by atoms with Crippen LogP contribution < -0.4 is 10.1 Å². The van der Waals surface area contributed by atoms with E-state index in [2.05, 4.69) is 26.6 Å². The van der Waals surface area contributed by atoms with Crippen molar-refractivity contribution in [3.8, 4) is 28.5 Å². The van der Waals surface area contributed by atoms with Gasteiger partial charge in [-0.1, -0.05) is 24.3 Å². The van der Waals surface area contributed by atoms with Crippen LogP contribution in [0.3, 0.4) is 0 Å². The number of carbonyl (C=O) groups excluding carboxylic acids is 1. The van der Waals surface area contributed by atoms with Crippen LogP contribution in [0.15, 0.2) is 72.9 Å². The number of nitrogens with zero attached hydrogens (tertiary/aromatic N) is 5. The van der Waals surface area contributed by atoms with E-state index < -0.39 is 0 Å². The molecule has 0 bridgehead atoms. The predicted octanol–water partition coefficient (Wildman–Crippen LogP) is 4.80. The predicted molar refractivity (Wildman–Crippen MR) is 134 cm³/mol. The Hall–Kier alpha value is -4.59. The fourth-order valence-electron chi connectivity index (χ4n) is 3.84. The Morgan fingerprint density at radius 1 is 0.943 bits per heavy atom. The Labute approximate surface area is 202 Å². The van der Waals surface area contributed by atoms with Crippen LogP contribution in [0.25, 0.3) is 28.4 Å². The Balaban J connectivity index is 1.34. The number of nitrogens with one attached hydrogen (secondary N) is 1. The van der Waals surface area contributed by atoms with E-state index in [0.717, 1.165) is 28.0 Å². The fourth-order valence-corrected chi connectivity index (χ4v) is 3.84. The number of pyridine rings is 1. The van der Waals surface area contributed by atoms with Crippen LogP contribution in [-0.4, -0.2) is 37.3 Å². The molecule has 3 heterocycles. The van der Waals surface area contributed by atoms with Gasteiger partial charge in [0.1, 0.15) is 11.4 Å². The number of anilines is 1. The van der Waals surface area contributed by atoms with Crippen molar-refractivity contribution in [1.29, 1.82) is 0 Å². The summed E-state index contributed by atoms with van der Waals surface area (Å²) in [5.74, 6) is 1.05. The number of hydrogen-bond acceptors (Lipinski definition) is 6. The lowest BCUT2D eigenvalue weighted by Gasteiger charge is -2.13. The van der Waals surface area contributed by atoms with Crippen molar-refractivity contribution in [1.82, 2.24) is 24.8 Å². The van der Waals surface area contributed by atoms with Crippen molar-refractivity contribution < 1.29 is 9.53 Å². The Morgan fingerprint density at radius 3 is 2.66 bits per heavy atom. The molecule has 3 aromatic heterocycles. The summed E-state index contributed by atoms with van der Waals surface area (Å²) in [5.41, 5.74) is 6.79. The van der Waals surface area contributed by atoms with Gasteiger partial charge >= 0.3 is 0 Å². The maximum Gasteiger partial charge on any atom is 0.262 e. The molecule has 35 heavy (non-hydrogen) atoms. The van der Waals surface area contributed by atoms with Gasteiger partial charge in [0.25, 0.3) is 5.91 Å². The minimum absolute atomic E-state index is 0.0771. The third-order valence-corrected chi connectivity index (χ3v) is 5.72. The summed E-state index contributed by atoms with van der Waals surface area (Å²) in [7, 11) is 0. The van der Waals surface area contributed by atoms with E-state index >= 15 is 0 Å². The number of carbonyl (C=O) groups is 1. The highest BCUT2D eigenvalue weighted by atomic mass is 16.5. The van der Waals surface area contributed by atoms with Crippen LogP contribution in [0, 0.1) is 20.8 Å². The van der Waals surface area contributed by atoms with Crippen molar-refractivity contribution in [3.63, 3.8) is 0 Å². The molecule has 5 aromatic rings. The monoisotopic (exact) mass is 464 g/mol. The second-order valence-corrected chi connectivity index (χ2v) is 8.35. The largest absolute Gasteiger partial charge is 0.483 e. The summed E-state index contributed by atoms with van der Waals surface area (Å²) < 4.78 is 7.46. The van der Waals surface area contributed by atoms with E-state index in [9.17, 15) is 4.79 Å². The topological polar surface area (TPSA) is 94.3 Å². The van der Waals surface area contributed by atoms with Crippen molar-refractivity contribution in [2.75, 3.05) is 11.9 Å².